The topological polar surface area (TPSA) is 38.3 Å². The summed E-state index contributed by atoms with van der Waals surface area (Å²) in [6.07, 6.45) is -2.60. The van der Waals surface area contributed by atoms with Gasteiger partial charge in [-0.15, -0.1) is 0 Å². The Kier molecular flexibility index (Phi) is 4.88. The van der Waals surface area contributed by atoms with E-state index in [0.717, 1.165) is 25.0 Å². The van der Waals surface area contributed by atoms with Crippen LogP contribution in [-0.4, -0.2) is 24.7 Å². The molecule has 2 rings (SSSR count). The molecule has 1 heterocycles. The van der Waals surface area contributed by atoms with Crippen molar-refractivity contribution in [1.29, 1.82) is 0 Å². The minimum absolute atomic E-state index is 0.00420. The monoisotopic (exact) mass is 301 g/mol. The fourth-order valence-corrected chi connectivity index (χ4v) is 2.44. The van der Waals surface area contributed by atoms with Crippen molar-refractivity contribution in [3.05, 3.63) is 35.4 Å². The van der Waals surface area contributed by atoms with Gasteiger partial charge in [0.1, 0.15) is 0 Å². The van der Waals surface area contributed by atoms with Crippen LogP contribution in [0.25, 0.3) is 0 Å². The third kappa shape index (κ3) is 4.46. The molecule has 0 spiro atoms. The molecule has 1 saturated heterocycles. The molecule has 0 bridgehead atoms. The number of alkyl halides is 3. The number of hydrogen-bond acceptors (Lipinski definition) is 2. The summed E-state index contributed by atoms with van der Waals surface area (Å²) in [4.78, 5) is 11.9. The molecule has 1 aliphatic rings. The molecule has 6 heteroatoms. The smallest absolute Gasteiger partial charge is 0.376 e. The Bertz CT molecular complexity index is 496. The normalized spacial score (nSPS) is 20.3. The quantitative estimate of drug-likeness (QED) is 0.928. The van der Waals surface area contributed by atoms with Crippen LogP contribution in [0.3, 0.4) is 0 Å². The van der Waals surface area contributed by atoms with Gasteiger partial charge in [-0.3, -0.25) is 4.79 Å². The van der Waals surface area contributed by atoms with Crippen LogP contribution in [-0.2, 0) is 22.1 Å². The standard InChI is InChI=1S/C15H18F3NO2/c1-10(13-6-3-7-21-13)19-14(20)9-11-4-2-5-12(8-11)15(16,17)18/h2,4-5,8,10,13H,3,6-7,9H2,1H3,(H,19,20)/t10-,13+/m0/s1. The van der Waals surface area contributed by atoms with Crippen LogP contribution >= 0.6 is 0 Å². The number of rotatable bonds is 4. The van der Waals surface area contributed by atoms with Gasteiger partial charge in [-0.2, -0.15) is 13.2 Å². The third-order valence-electron chi connectivity index (χ3n) is 3.53. The number of amides is 1. The maximum absolute atomic E-state index is 12.6. The van der Waals surface area contributed by atoms with Crippen molar-refractivity contribution in [3.63, 3.8) is 0 Å². The van der Waals surface area contributed by atoms with Crippen molar-refractivity contribution >= 4 is 5.91 Å². The molecular weight excluding hydrogens is 283 g/mol. The van der Waals surface area contributed by atoms with Gasteiger partial charge in [0.15, 0.2) is 0 Å². The number of nitrogens with one attached hydrogen (secondary N) is 1. The van der Waals surface area contributed by atoms with E-state index in [1.54, 1.807) is 0 Å². The zero-order chi connectivity index (χ0) is 15.5. The fraction of sp³-hybridized carbons (Fsp3) is 0.533. The summed E-state index contributed by atoms with van der Waals surface area (Å²) in [5.41, 5.74) is -0.387. The molecule has 0 aliphatic carbocycles. The first kappa shape index (κ1) is 15.8. The Hall–Kier alpha value is -1.56. The molecule has 0 unspecified atom stereocenters. The highest BCUT2D eigenvalue weighted by Crippen LogP contribution is 2.29. The molecule has 0 radical (unpaired) electrons. The van der Waals surface area contributed by atoms with E-state index in [0.29, 0.717) is 12.2 Å². The lowest BCUT2D eigenvalue weighted by Crippen LogP contribution is -2.41. The molecule has 2 atom stereocenters. The summed E-state index contributed by atoms with van der Waals surface area (Å²) in [6.45, 7) is 2.54. The van der Waals surface area contributed by atoms with Gasteiger partial charge in [0.2, 0.25) is 5.91 Å². The average molecular weight is 301 g/mol. The minimum Gasteiger partial charge on any atom is -0.376 e. The molecule has 3 nitrogen and oxygen atoms in total. The lowest BCUT2D eigenvalue weighted by atomic mass is 10.1. The molecule has 1 N–H and O–H groups in total. The molecule has 1 amide bonds. The zero-order valence-corrected chi connectivity index (χ0v) is 11.7. The number of carbonyl (C=O) groups is 1. The second-order valence-electron chi connectivity index (χ2n) is 5.28. The largest absolute Gasteiger partial charge is 0.416 e. The molecule has 1 aromatic carbocycles. The zero-order valence-electron chi connectivity index (χ0n) is 11.7. The Balaban J connectivity index is 1.93. The lowest BCUT2D eigenvalue weighted by molar-refractivity contribution is -0.137. The molecule has 0 saturated carbocycles. The molecule has 1 aromatic rings. The summed E-state index contributed by atoms with van der Waals surface area (Å²) < 4.78 is 43.3. The maximum Gasteiger partial charge on any atom is 0.416 e. The SMILES string of the molecule is C[C@H](NC(=O)Cc1cccc(C(F)(F)F)c1)[C@H]1CCCO1. The molecule has 0 aromatic heterocycles. The fourth-order valence-electron chi connectivity index (χ4n) is 2.44. The van der Waals surface area contributed by atoms with Gasteiger partial charge < -0.3 is 10.1 Å². The number of hydrogen-bond donors (Lipinski definition) is 1. The van der Waals surface area contributed by atoms with Crippen LogP contribution in [0.4, 0.5) is 13.2 Å². The summed E-state index contributed by atoms with van der Waals surface area (Å²) in [6, 6.07) is 4.71. The van der Waals surface area contributed by atoms with Gasteiger partial charge in [0, 0.05) is 6.61 Å². The van der Waals surface area contributed by atoms with Crippen molar-refractivity contribution < 1.29 is 22.7 Å². The van der Waals surface area contributed by atoms with Crippen molar-refractivity contribution in [2.24, 2.45) is 0 Å². The minimum atomic E-state index is -4.39. The first-order valence-corrected chi connectivity index (χ1v) is 6.93. The number of halogens is 3. The predicted molar refractivity (Wildman–Crippen MR) is 71.7 cm³/mol. The molecule has 1 fully saturated rings. The second kappa shape index (κ2) is 6.47. The van der Waals surface area contributed by atoms with Crippen LogP contribution < -0.4 is 5.32 Å². The van der Waals surface area contributed by atoms with Crippen LogP contribution in [0.1, 0.15) is 30.9 Å². The number of benzene rings is 1. The van der Waals surface area contributed by atoms with E-state index >= 15 is 0 Å². The van der Waals surface area contributed by atoms with E-state index in [1.807, 2.05) is 6.92 Å². The predicted octanol–water partition coefficient (Wildman–Crippen LogP) is 2.93. The van der Waals surface area contributed by atoms with E-state index in [1.165, 1.54) is 12.1 Å². The Morgan fingerprint density at radius 3 is 2.86 bits per heavy atom. The van der Waals surface area contributed by atoms with Crippen LogP contribution in [0.5, 0.6) is 0 Å². The van der Waals surface area contributed by atoms with E-state index in [-0.39, 0.29) is 24.5 Å². The van der Waals surface area contributed by atoms with E-state index in [9.17, 15) is 18.0 Å². The van der Waals surface area contributed by atoms with E-state index in [4.69, 9.17) is 4.74 Å². The summed E-state index contributed by atoms with van der Waals surface area (Å²) in [5, 5.41) is 2.78. The summed E-state index contributed by atoms with van der Waals surface area (Å²) >= 11 is 0. The highest BCUT2D eigenvalue weighted by Gasteiger charge is 2.30. The van der Waals surface area contributed by atoms with Crippen molar-refractivity contribution in [2.75, 3.05) is 6.61 Å². The third-order valence-corrected chi connectivity index (χ3v) is 3.53. The number of ether oxygens (including phenoxy) is 1. The highest BCUT2D eigenvalue weighted by atomic mass is 19.4. The van der Waals surface area contributed by atoms with E-state index < -0.39 is 11.7 Å². The summed E-state index contributed by atoms with van der Waals surface area (Å²) in [5.74, 6) is -0.294. The van der Waals surface area contributed by atoms with Crippen LogP contribution in [0.2, 0.25) is 0 Å². The van der Waals surface area contributed by atoms with Crippen molar-refractivity contribution in [2.45, 2.75) is 44.5 Å². The van der Waals surface area contributed by atoms with Crippen LogP contribution in [0.15, 0.2) is 24.3 Å². The van der Waals surface area contributed by atoms with Gasteiger partial charge in [0.05, 0.1) is 24.1 Å². The highest BCUT2D eigenvalue weighted by molar-refractivity contribution is 5.78. The molecule has 1 aliphatic heterocycles. The van der Waals surface area contributed by atoms with Gasteiger partial charge in [-0.05, 0) is 31.4 Å². The van der Waals surface area contributed by atoms with Gasteiger partial charge in [0.25, 0.3) is 0 Å². The van der Waals surface area contributed by atoms with Gasteiger partial charge >= 0.3 is 6.18 Å². The summed E-state index contributed by atoms with van der Waals surface area (Å²) in [7, 11) is 0. The van der Waals surface area contributed by atoms with Crippen molar-refractivity contribution in [1.82, 2.24) is 5.32 Å². The Morgan fingerprint density at radius 2 is 2.24 bits per heavy atom. The molecular formula is C15H18F3NO2. The van der Waals surface area contributed by atoms with Crippen LogP contribution in [0, 0.1) is 0 Å². The molecule has 21 heavy (non-hydrogen) atoms. The average Bonchev–Trinajstić information content (AvgIpc) is 2.91. The second-order valence-corrected chi connectivity index (χ2v) is 5.28. The van der Waals surface area contributed by atoms with Gasteiger partial charge in [-0.1, -0.05) is 18.2 Å². The van der Waals surface area contributed by atoms with Crippen molar-refractivity contribution in [3.8, 4) is 0 Å². The Labute approximate surface area is 121 Å². The van der Waals surface area contributed by atoms with E-state index in [2.05, 4.69) is 5.32 Å². The Morgan fingerprint density at radius 1 is 1.48 bits per heavy atom. The first-order chi connectivity index (χ1) is 9.86. The maximum atomic E-state index is 12.6. The first-order valence-electron chi connectivity index (χ1n) is 6.93. The van der Waals surface area contributed by atoms with Gasteiger partial charge in [-0.25, -0.2) is 0 Å². The number of carbonyl (C=O) groups excluding carboxylic acids is 1. The molecule has 116 valence electrons. The lowest BCUT2D eigenvalue weighted by Gasteiger charge is -2.20.